The Balaban J connectivity index is 1.89. The lowest BCUT2D eigenvalue weighted by Crippen LogP contribution is -2.36. The van der Waals surface area contributed by atoms with Crippen molar-refractivity contribution in [3.63, 3.8) is 0 Å². The highest BCUT2D eigenvalue weighted by molar-refractivity contribution is 5.59. The first-order valence-corrected chi connectivity index (χ1v) is 7.22. The number of anilines is 1. The molecule has 3 heterocycles. The fourth-order valence-electron chi connectivity index (χ4n) is 2.46. The Kier molecular flexibility index (Phi) is 4.17. The largest absolute Gasteiger partial charge is 0.394 e. The smallest absolute Gasteiger partial charge is 0.129 e. The molecule has 0 amide bonds. The van der Waals surface area contributed by atoms with Crippen molar-refractivity contribution in [3.05, 3.63) is 30.0 Å². The average Bonchev–Trinajstić information content (AvgIpc) is 2.97. The molecule has 1 fully saturated rings. The quantitative estimate of drug-likeness (QED) is 0.912. The molecule has 0 bridgehead atoms. The molecular weight excluding hydrogens is 268 g/mol. The van der Waals surface area contributed by atoms with Crippen LogP contribution in [0.5, 0.6) is 0 Å². The number of ether oxygens (including phenoxy) is 1. The topological polar surface area (TPSA) is 63.4 Å². The third-order valence-electron chi connectivity index (χ3n) is 3.52. The molecule has 0 radical (unpaired) electrons. The van der Waals surface area contributed by atoms with Crippen molar-refractivity contribution in [1.82, 2.24) is 14.8 Å². The average molecular weight is 288 g/mol. The zero-order valence-corrected chi connectivity index (χ0v) is 12.2. The van der Waals surface area contributed by atoms with Crippen LogP contribution in [0.3, 0.4) is 0 Å². The summed E-state index contributed by atoms with van der Waals surface area (Å²) in [6.07, 6.45) is 1.87. The number of morpholine rings is 1. The van der Waals surface area contributed by atoms with Gasteiger partial charge in [-0.3, -0.25) is 4.68 Å². The van der Waals surface area contributed by atoms with Crippen molar-refractivity contribution in [2.45, 2.75) is 13.5 Å². The number of rotatable bonds is 4. The number of aromatic nitrogens is 3. The lowest BCUT2D eigenvalue weighted by atomic mass is 10.2. The Morgan fingerprint density at radius 1 is 1.24 bits per heavy atom. The maximum atomic E-state index is 8.96. The van der Waals surface area contributed by atoms with Crippen LogP contribution < -0.4 is 4.90 Å². The third-order valence-corrected chi connectivity index (χ3v) is 3.52. The van der Waals surface area contributed by atoms with Gasteiger partial charge in [0.15, 0.2) is 0 Å². The second-order valence-electron chi connectivity index (χ2n) is 5.18. The molecule has 6 nitrogen and oxygen atoms in total. The van der Waals surface area contributed by atoms with Gasteiger partial charge in [0.1, 0.15) is 11.5 Å². The van der Waals surface area contributed by atoms with Gasteiger partial charge < -0.3 is 14.7 Å². The summed E-state index contributed by atoms with van der Waals surface area (Å²) in [5.74, 6) is 0.977. The van der Waals surface area contributed by atoms with Gasteiger partial charge in [-0.1, -0.05) is 0 Å². The lowest BCUT2D eigenvalue weighted by Gasteiger charge is -2.28. The number of pyridine rings is 1. The molecule has 0 atom stereocenters. The van der Waals surface area contributed by atoms with Crippen LogP contribution in [-0.2, 0) is 11.3 Å². The molecule has 21 heavy (non-hydrogen) atoms. The van der Waals surface area contributed by atoms with Gasteiger partial charge in [0, 0.05) is 19.3 Å². The van der Waals surface area contributed by atoms with Crippen molar-refractivity contribution in [2.75, 3.05) is 37.8 Å². The Labute approximate surface area is 124 Å². The van der Waals surface area contributed by atoms with Crippen LogP contribution in [0, 0.1) is 6.92 Å². The van der Waals surface area contributed by atoms with Crippen LogP contribution in [0.2, 0.25) is 0 Å². The van der Waals surface area contributed by atoms with Crippen LogP contribution in [-0.4, -0.2) is 52.8 Å². The number of aliphatic hydroxyl groups excluding tert-OH is 1. The van der Waals surface area contributed by atoms with Gasteiger partial charge in [0.25, 0.3) is 0 Å². The fraction of sp³-hybridized carbons (Fsp3) is 0.467. The summed E-state index contributed by atoms with van der Waals surface area (Å²) in [5.41, 5.74) is 2.87. The number of aliphatic hydroxyl groups is 1. The van der Waals surface area contributed by atoms with E-state index >= 15 is 0 Å². The van der Waals surface area contributed by atoms with Gasteiger partial charge in [-0.05, 0) is 30.7 Å². The Morgan fingerprint density at radius 3 is 2.81 bits per heavy atom. The second kappa shape index (κ2) is 6.24. The minimum absolute atomic E-state index is 0.0847. The third kappa shape index (κ3) is 3.22. The predicted octanol–water partition coefficient (Wildman–Crippen LogP) is 1.08. The monoisotopic (exact) mass is 288 g/mol. The minimum Gasteiger partial charge on any atom is -0.394 e. The number of hydrogen-bond donors (Lipinski definition) is 1. The van der Waals surface area contributed by atoms with Crippen molar-refractivity contribution in [1.29, 1.82) is 0 Å². The van der Waals surface area contributed by atoms with Crippen LogP contribution in [0.25, 0.3) is 11.4 Å². The van der Waals surface area contributed by atoms with Gasteiger partial charge in [-0.15, -0.1) is 0 Å². The number of nitrogens with zero attached hydrogens (tertiary/aromatic N) is 4. The molecule has 0 aliphatic carbocycles. The molecule has 2 aromatic rings. The lowest BCUT2D eigenvalue weighted by molar-refractivity contribution is 0.122. The maximum absolute atomic E-state index is 8.96. The molecular formula is C15H20N4O2. The Morgan fingerprint density at radius 2 is 2.05 bits per heavy atom. The van der Waals surface area contributed by atoms with E-state index < -0.39 is 0 Å². The van der Waals surface area contributed by atoms with Crippen molar-refractivity contribution in [3.8, 4) is 11.4 Å². The molecule has 1 aliphatic rings. The van der Waals surface area contributed by atoms with Crippen molar-refractivity contribution >= 4 is 5.82 Å². The molecule has 1 aliphatic heterocycles. The Hall–Kier alpha value is -1.92. The molecule has 0 aromatic carbocycles. The molecule has 6 heteroatoms. The van der Waals surface area contributed by atoms with Gasteiger partial charge in [-0.2, -0.15) is 5.10 Å². The van der Waals surface area contributed by atoms with E-state index in [4.69, 9.17) is 14.8 Å². The molecule has 112 valence electrons. The summed E-state index contributed by atoms with van der Waals surface area (Å²) in [6.45, 7) is 5.89. The molecule has 2 aromatic heterocycles. The highest BCUT2D eigenvalue weighted by atomic mass is 16.5. The molecule has 3 rings (SSSR count). The zero-order valence-electron chi connectivity index (χ0n) is 12.2. The molecule has 1 saturated heterocycles. The van der Waals surface area contributed by atoms with Gasteiger partial charge >= 0.3 is 0 Å². The summed E-state index contributed by atoms with van der Waals surface area (Å²) in [6, 6.07) is 6.07. The summed E-state index contributed by atoms with van der Waals surface area (Å²) in [7, 11) is 0. The van der Waals surface area contributed by atoms with E-state index in [0.717, 1.165) is 43.5 Å². The summed E-state index contributed by atoms with van der Waals surface area (Å²) in [5, 5.41) is 13.4. The van der Waals surface area contributed by atoms with E-state index in [1.165, 1.54) is 5.56 Å². The first-order chi connectivity index (χ1) is 10.3. The second-order valence-corrected chi connectivity index (χ2v) is 5.18. The van der Waals surface area contributed by atoms with E-state index in [1.54, 1.807) is 4.68 Å². The van der Waals surface area contributed by atoms with E-state index in [9.17, 15) is 0 Å². The van der Waals surface area contributed by atoms with Gasteiger partial charge in [0.05, 0.1) is 32.1 Å². The molecule has 0 spiro atoms. The standard InChI is InChI=1S/C15H20N4O2/c1-12-10-14(13-2-3-19(17-13)4-7-20)16-15(11-12)18-5-8-21-9-6-18/h2-3,10-11,20H,4-9H2,1H3. The summed E-state index contributed by atoms with van der Waals surface area (Å²) < 4.78 is 7.12. The highest BCUT2D eigenvalue weighted by Crippen LogP contribution is 2.22. The van der Waals surface area contributed by atoms with Crippen molar-refractivity contribution < 1.29 is 9.84 Å². The van der Waals surface area contributed by atoms with E-state index in [1.807, 2.05) is 18.3 Å². The van der Waals surface area contributed by atoms with E-state index in [2.05, 4.69) is 23.0 Å². The van der Waals surface area contributed by atoms with E-state index in [-0.39, 0.29) is 6.61 Å². The van der Waals surface area contributed by atoms with Crippen molar-refractivity contribution in [2.24, 2.45) is 0 Å². The number of aryl methyl sites for hydroxylation is 1. The first kappa shape index (κ1) is 14.0. The van der Waals surface area contributed by atoms with E-state index in [0.29, 0.717) is 6.54 Å². The number of hydrogen-bond acceptors (Lipinski definition) is 5. The SMILES string of the molecule is Cc1cc(-c2ccn(CCO)n2)nc(N2CCOCC2)c1. The molecule has 0 saturated carbocycles. The maximum Gasteiger partial charge on any atom is 0.129 e. The van der Waals surface area contributed by atoms with Gasteiger partial charge in [-0.25, -0.2) is 4.98 Å². The fourth-order valence-corrected chi connectivity index (χ4v) is 2.46. The van der Waals surface area contributed by atoms with Crippen LogP contribution >= 0.6 is 0 Å². The normalized spacial score (nSPS) is 15.4. The highest BCUT2D eigenvalue weighted by Gasteiger charge is 2.14. The molecule has 1 N–H and O–H groups in total. The summed E-state index contributed by atoms with van der Waals surface area (Å²) in [4.78, 5) is 6.97. The first-order valence-electron chi connectivity index (χ1n) is 7.22. The summed E-state index contributed by atoms with van der Waals surface area (Å²) >= 11 is 0. The van der Waals surface area contributed by atoms with Crippen LogP contribution in [0.4, 0.5) is 5.82 Å². The molecule has 0 unspecified atom stereocenters. The Bertz CT molecular complexity index is 605. The zero-order chi connectivity index (χ0) is 14.7. The van der Waals surface area contributed by atoms with Gasteiger partial charge in [0.2, 0.25) is 0 Å². The predicted molar refractivity (Wildman–Crippen MR) is 80.3 cm³/mol. The minimum atomic E-state index is 0.0847. The van der Waals surface area contributed by atoms with Crippen LogP contribution in [0.15, 0.2) is 24.4 Å². The van der Waals surface area contributed by atoms with Crippen LogP contribution in [0.1, 0.15) is 5.56 Å².